The molecule has 2 aromatic heterocycles. The predicted octanol–water partition coefficient (Wildman–Crippen LogP) is 5.20. The number of benzene rings is 1. The second kappa shape index (κ2) is 20.4. The molecule has 0 bridgehead atoms. The number of carbonyl (C=O) groups excluding carboxylic acids is 3. The number of anilines is 1. The van der Waals surface area contributed by atoms with E-state index >= 15 is 0 Å². The van der Waals surface area contributed by atoms with E-state index in [4.69, 9.17) is 40.3 Å². The van der Waals surface area contributed by atoms with Crippen molar-refractivity contribution in [3.05, 3.63) is 53.1 Å². The lowest BCUT2D eigenvalue weighted by atomic mass is 9.72. The zero-order valence-electron chi connectivity index (χ0n) is 34.6. The molecule has 60 heavy (non-hydrogen) atoms. The molecule has 1 aromatic carbocycles. The molecule has 16 nitrogen and oxygen atoms in total. The molecule has 3 aromatic rings. The highest BCUT2D eigenvalue weighted by molar-refractivity contribution is 14.1. The van der Waals surface area contributed by atoms with E-state index in [1.54, 1.807) is 55.1 Å². The minimum Gasteiger partial charge on any atom is -0.444 e. The molecule has 19 heteroatoms. The molecule has 2 aliphatic heterocycles. The van der Waals surface area contributed by atoms with E-state index in [1.807, 2.05) is 16.7 Å². The minimum atomic E-state index is -3.42. The molecule has 6 rings (SSSR count). The Morgan fingerprint density at radius 3 is 2.23 bits per heavy atom. The number of pyridine rings is 1. The molecule has 330 valence electrons. The van der Waals surface area contributed by atoms with Crippen molar-refractivity contribution in [2.24, 2.45) is 0 Å². The van der Waals surface area contributed by atoms with E-state index in [1.165, 1.54) is 0 Å². The first-order valence-electron chi connectivity index (χ1n) is 20.5. The number of piperidine rings is 1. The number of imidazole rings is 1. The van der Waals surface area contributed by atoms with Crippen LogP contribution in [0.5, 0.6) is 0 Å². The fourth-order valence-corrected chi connectivity index (χ4v) is 9.68. The third-order valence-corrected chi connectivity index (χ3v) is 13.6. The molecule has 1 spiro atoms. The van der Waals surface area contributed by atoms with Crippen LogP contribution in [0.4, 0.5) is 10.5 Å². The van der Waals surface area contributed by atoms with Gasteiger partial charge in [-0.15, -0.1) is 0 Å². The number of fused-ring (bicyclic) bond motifs is 3. The highest BCUT2D eigenvalue weighted by atomic mass is 127. The highest BCUT2D eigenvalue weighted by Gasteiger charge is 2.55. The minimum absolute atomic E-state index is 0.0551. The number of rotatable bonds is 21. The van der Waals surface area contributed by atoms with Gasteiger partial charge in [-0.05, 0) is 89.1 Å². The number of ether oxygens (including phenoxy) is 5. The number of amides is 3. The fourth-order valence-electron chi connectivity index (χ4n) is 8.05. The summed E-state index contributed by atoms with van der Waals surface area (Å²) in [5, 5.41) is 3.38. The van der Waals surface area contributed by atoms with Crippen molar-refractivity contribution in [2.45, 2.75) is 88.9 Å². The van der Waals surface area contributed by atoms with Crippen LogP contribution in [-0.4, -0.2) is 132 Å². The number of hydrogen-bond acceptors (Lipinski definition) is 12. The van der Waals surface area contributed by atoms with Crippen molar-refractivity contribution in [1.29, 1.82) is 0 Å². The molecule has 1 N–H and O–H groups in total. The van der Waals surface area contributed by atoms with Crippen LogP contribution in [-0.2, 0) is 61.6 Å². The number of likely N-dealkylation sites (tertiary alicyclic amines) is 1. The molecule has 0 atom stereocenters. The fraction of sp³-hybridized carbons (Fsp3) is 0.634. The average molecular weight is 987 g/mol. The number of sulfone groups is 1. The Morgan fingerprint density at radius 2 is 1.60 bits per heavy atom. The molecular weight excluding hydrogens is 931 g/mol. The maximum Gasteiger partial charge on any atom is 0.408 e. The summed E-state index contributed by atoms with van der Waals surface area (Å²) in [4.78, 5) is 54.1. The lowest BCUT2D eigenvalue weighted by molar-refractivity contribution is -0.145. The average Bonchev–Trinajstić information content (AvgIpc) is 3.63. The van der Waals surface area contributed by atoms with Gasteiger partial charge in [-0.25, -0.2) is 18.2 Å². The highest BCUT2D eigenvalue weighted by Crippen LogP contribution is 2.49. The topological polar surface area (TPSA) is 181 Å². The zero-order valence-corrected chi connectivity index (χ0v) is 38.3. The van der Waals surface area contributed by atoms with E-state index in [-0.39, 0.29) is 43.1 Å². The van der Waals surface area contributed by atoms with Crippen LogP contribution < -0.4 is 10.2 Å². The van der Waals surface area contributed by atoms with Crippen LogP contribution >= 0.6 is 34.2 Å². The van der Waals surface area contributed by atoms with Gasteiger partial charge in [0.25, 0.3) is 0 Å². The van der Waals surface area contributed by atoms with E-state index in [0.717, 1.165) is 17.5 Å². The number of hydrogen-bond donors (Lipinski definition) is 1. The van der Waals surface area contributed by atoms with E-state index in [0.29, 0.717) is 111 Å². The number of alkyl carbamates (subject to hydrolysis) is 1. The summed E-state index contributed by atoms with van der Waals surface area (Å²) in [6.07, 6.45) is 5.76. The summed E-state index contributed by atoms with van der Waals surface area (Å²) < 4.78 is 55.7. The van der Waals surface area contributed by atoms with Gasteiger partial charge in [0.15, 0.2) is 9.84 Å². The Labute approximate surface area is 370 Å². The molecule has 3 amide bonds. The summed E-state index contributed by atoms with van der Waals surface area (Å²) in [5.41, 5.74) is 0.367. The number of carbonyl (C=O) groups is 3. The summed E-state index contributed by atoms with van der Waals surface area (Å²) in [5.74, 6) is 0.169. The summed E-state index contributed by atoms with van der Waals surface area (Å²) in [6.45, 7) is 9.08. The third kappa shape index (κ3) is 11.3. The number of aromatic nitrogens is 3. The van der Waals surface area contributed by atoms with Crippen molar-refractivity contribution >= 4 is 78.7 Å². The Hall–Kier alpha value is -3.14. The van der Waals surface area contributed by atoms with Crippen LogP contribution in [0, 0.1) is 0 Å². The predicted molar refractivity (Wildman–Crippen MR) is 234 cm³/mol. The second-order valence-corrected chi connectivity index (χ2v) is 19.8. The Kier molecular flexibility index (Phi) is 15.7. The Balaban J connectivity index is 1.06. The summed E-state index contributed by atoms with van der Waals surface area (Å²) >= 11 is 8.49. The number of aryl methyl sites for hydroxylation is 1. The quantitative estimate of drug-likeness (QED) is 0.0839. The molecule has 1 saturated carbocycles. The van der Waals surface area contributed by atoms with Gasteiger partial charge in [0.2, 0.25) is 11.8 Å². The number of halogens is 2. The Morgan fingerprint density at radius 1 is 0.933 bits per heavy atom. The molecule has 4 heterocycles. The van der Waals surface area contributed by atoms with Gasteiger partial charge < -0.3 is 43.4 Å². The summed E-state index contributed by atoms with van der Waals surface area (Å²) in [7, 11) is -3.42. The van der Waals surface area contributed by atoms with Crippen molar-refractivity contribution in [1.82, 2.24) is 24.8 Å². The lowest BCUT2D eigenvalue weighted by Gasteiger charge is -2.46. The maximum absolute atomic E-state index is 14.7. The number of nitrogens with one attached hydrogen (secondary N) is 1. The first-order valence-corrected chi connectivity index (χ1v) is 24.2. The van der Waals surface area contributed by atoms with Crippen LogP contribution in [0.3, 0.4) is 0 Å². The molecule has 1 saturated heterocycles. The van der Waals surface area contributed by atoms with Crippen LogP contribution in [0.1, 0.15) is 70.7 Å². The standard InChI is InChI=1S/C41H56ClIN6O10S/c1-39(2,3)59-38(52)46-41(9-4-10-41)37(51)47-15-11-40(12-16-47)31-8-13-44-27-34(31)49(36(40)50)28-35-45-32-26-30(42)6-7-33(32)48(35)14-5-24-60(53,54)25-23-57-20-19-55-17-18-56-21-22-58-29-43/h6-8,13,26-27H,4-5,9-12,14-25,28-29H2,1-3H3,(H,46,52). The summed E-state index contributed by atoms with van der Waals surface area (Å²) in [6, 6.07) is 7.26. The third-order valence-electron chi connectivity index (χ3n) is 11.2. The molecule has 0 unspecified atom stereocenters. The molecule has 1 aliphatic carbocycles. The van der Waals surface area contributed by atoms with Gasteiger partial charge in [0.1, 0.15) is 17.0 Å². The van der Waals surface area contributed by atoms with Gasteiger partial charge in [-0.2, -0.15) is 0 Å². The van der Waals surface area contributed by atoms with Crippen LogP contribution in [0.2, 0.25) is 5.02 Å². The van der Waals surface area contributed by atoms with Crippen molar-refractivity contribution < 1.29 is 46.5 Å². The molecule has 3 aliphatic rings. The van der Waals surface area contributed by atoms with E-state index < -0.39 is 32.5 Å². The first-order chi connectivity index (χ1) is 28.7. The van der Waals surface area contributed by atoms with Gasteiger partial charge in [0, 0.05) is 30.9 Å². The van der Waals surface area contributed by atoms with E-state index in [2.05, 4.69) is 32.9 Å². The Bertz CT molecular complexity index is 2080. The molecule has 2 fully saturated rings. The zero-order chi connectivity index (χ0) is 43.0. The largest absolute Gasteiger partial charge is 0.444 e. The van der Waals surface area contributed by atoms with Gasteiger partial charge >= 0.3 is 6.09 Å². The molecule has 0 radical (unpaired) electrons. The van der Waals surface area contributed by atoms with Gasteiger partial charge in [-0.1, -0.05) is 34.2 Å². The van der Waals surface area contributed by atoms with Gasteiger partial charge in [-0.3, -0.25) is 14.6 Å². The van der Waals surface area contributed by atoms with Crippen molar-refractivity contribution in [2.75, 3.05) is 80.4 Å². The normalized spacial score (nSPS) is 17.2. The monoisotopic (exact) mass is 986 g/mol. The number of alkyl halides is 1. The van der Waals surface area contributed by atoms with Crippen molar-refractivity contribution in [3.63, 3.8) is 0 Å². The molecular formula is C41H56ClIN6O10S. The van der Waals surface area contributed by atoms with Gasteiger partial charge in [0.05, 0.1) is 97.2 Å². The SMILES string of the molecule is CC(C)(C)OC(=O)NC1(C(=O)N2CCC3(CC2)C(=O)N(Cc2nc4cc(Cl)ccc4n2CCCS(=O)(=O)CCOCCOCCOCCOCI)c2cnccc23)CCC1. The smallest absolute Gasteiger partial charge is 0.408 e. The second-order valence-electron chi connectivity index (χ2n) is 16.4. The lowest BCUT2D eigenvalue weighted by Crippen LogP contribution is -2.65. The first kappa shape index (κ1) is 46.4. The maximum atomic E-state index is 14.7. The van der Waals surface area contributed by atoms with Crippen LogP contribution in [0.15, 0.2) is 36.7 Å². The van der Waals surface area contributed by atoms with Crippen LogP contribution in [0.25, 0.3) is 11.0 Å². The van der Waals surface area contributed by atoms with Crippen molar-refractivity contribution in [3.8, 4) is 0 Å². The van der Waals surface area contributed by atoms with E-state index in [9.17, 15) is 22.8 Å². The number of nitrogens with zero attached hydrogens (tertiary/aromatic N) is 5.